The number of rotatable bonds is 2. The Morgan fingerprint density at radius 1 is 1.56 bits per heavy atom. The van der Waals surface area contributed by atoms with Crippen LogP contribution in [0.3, 0.4) is 0 Å². The fraction of sp³-hybridized carbons (Fsp3) is 0.273. The van der Waals surface area contributed by atoms with Crippen LogP contribution in [0.5, 0.6) is 0 Å². The second-order valence-electron chi connectivity index (χ2n) is 3.60. The number of nitriles is 1. The summed E-state index contributed by atoms with van der Waals surface area (Å²) < 4.78 is 4.74. The maximum atomic E-state index is 8.92. The number of aromatic nitrogens is 3. The SMILES string of the molecule is Cc1nn(C)c(Cn2cccc2C#N)c1Br. The highest BCUT2D eigenvalue weighted by Gasteiger charge is 2.11. The second-order valence-corrected chi connectivity index (χ2v) is 4.40. The lowest BCUT2D eigenvalue weighted by atomic mass is 10.3. The van der Waals surface area contributed by atoms with Gasteiger partial charge in [-0.15, -0.1) is 0 Å². The Morgan fingerprint density at radius 3 is 2.88 bits per heavy atom. The van der Waals surface area contributed by atoms with Crippen LogP contribution in [0.2, 0.25) is 0 Å². The monoisotopic (exact) mass is 278 g/mol. The number of halogens is 1. The third-order valence-corrected chi connectivity index (χ3v) is 3.56. The van der Waals surface area contributed by atoms with Crippen LogP contribution in [0.15, 0.2) is 22.8 Å². The molecule has 2 aromatic rings. The molecule has 0 aromatic carbocycles. The summed E-state index contributed by atoms with van der Waals surface area (Å²) in [7, 11) is 1.91. The minimum Gasteiger partial charge on any atom is -0.333 e. The third-order valence-electron chi connectivity index (χ3n) is 2.53. The van der Waals surface area contributed by atoms with E-state index in [0.717, 1.165) is 15.9 Å². The van der Waals surface area contributed by atoms with Gasteiger partial charge in [0.15, 0.2) is 0 Å². The molecular formula is C11H11BrN4. The Balaban J connectivity index is 2.38. The topological polar surface area (TPSA) is 46.5 Å². The summed E-state index contributed by atoms with van der Waals surface area (Å²) in [5.41, 5.74) is 2.68. The summed E-state index contributed by atoms with van der Waals surface area (Å²) in [6, 6.07) is 5.83. The Labute approximate surface area is 102 Å². The molecule has 0 aliphatic carbocycles. The van der Waals surface area contributed by atoms with Crippen LogP contribution < -0.4 is 0 Å². The van der Waals surface area contributed by atoms with Crippen molar-refractivity contribution in [2.45, 2.75) is 13.5 Å². The van der Waals surface area contributed by atoms with Gasteiger partial charge in [-0.1, -0.05) is 0 Å². The van der Waals surface area contributed by atoms with E-state index in [1.807, 2.05) is 35.5 Å². The van der Waals surface area contributed by atoms with Crippen LogP contribution in [0, 0.1) is 18.3 Å². The molecule has 0 bridgehead atoms. The average Bonchev–Trinajstić information content (AvgIpc) is 2.79. The molecule has 0 saturated carbocycles. The summed E-state index contributed by atoms with van der Waals surface area (Å²) in [6.07, 6.45) is 1.90. The highest BCUT2D eigenvalue weighted by Crippen LogP contribution is 2.21. The summed E-state index contributed by atoms with van der Waals surface area (Å²) in [4.78, 5) is 0. The van der Waals surface area contributed by atoms with Gasteiger partial charge in [-0.05, 0) is 35.0 Å². The summed E-state index contributed by atoms with van der Waals surface area (Å²) in [6.45, 7) is 2.60. The molecule has 0 unspecified atom stereocenters. The van der Waals surface area contributed by atoms with Crippen LogP contribution >= 0.6 is 15.9 Å². The molecule has 0 fully saturated rings. The maximum Gasteiger partial charge on any atom is 0.120 e. The third kappa shape index (κ3) is 1.76. The zero-order valence-electron chi connectivity index (χ0n) is 9.11. The van der Waals surface area contributed by atoms with E-state index in [-0.39, 0.29) is 0 Å². The summed E-state index contributed by atoms with van der Waals surface area (Å²) in [5, 5.41) is 13.2. The fourth-order valence-corrected chi connectivity index (χ4v) is 2.13. The predicted octanol–water partition coefficient (Wildman–Crippen LogP) is 2.21. The molecule has 4 nitrogen and oxygen atoms in total. The van der Waals surface area contributed by atoms with Gasteiger partial charge in [-0.2, -0.15) is 10.4 Å². The molecular weight excluding hydrogens is 268 g/mol. The van der Waals surface area contributed by atoms with Crippen LogP contribution in [0.1, 0.15) is 17.1 Å². The van der Waals surface area contributed by atoms with Gasteiger partial charge in [0, 0.05) is 13.2 Å². The zero-order chi connectivity index (χ0) is 11.7. The smallest absolute Gasteiger partial charge is 0.120 e. The van der Waals surface area contributed by atoms with E-state index in [0.29, 0.717) is 12.2 Å². The van der Waals surface area contributed by atoms with Gasteiger partial charge in [-0.3, -0.25) is 4.68 Å². The Morgan fingerprint density at radius 2 is 2.31 bits per heavy atom. The Hall–Kier alpha value is -1.54. The molecule has 2 heterocycles. The molecule has 5 heteroatoms. The molecule has 0 atom stereocenters. The average molecular weight is 279 g/mol. The van der Waals surface area contributed by atoms with Crippen molar-refractivity contribution in [3.05, 3.63) is 39.9 Å². The molecule has 0 saturated heterocycles. The van der Waals surface area contributed by atoms with Crippen LogP contribution in [0.25, 0.3) is 0 Å². The largest absolute Gasteiger partial charge is 0.333 e. The van der Waals surface area contributed by atoms with E-state index in [4.69, 9.17) is 5.26 Å². The van der Waals surface area contributed by atoms with Gasteiger partial charge in [0.1, 0.15) is 11.8 Å². The standard InChI is InChI=1S/C11H11BrN4/c1-8-11(12)10(15(2)14-8)7-16-5-3-4-9(16)6-13/h3-5H,7H2,1-2H3. The van der Waals surface area contributed by atoms with Crippen molar-refractivity contribution in [2.24, 2.45) is 7.05 Å². The molecule has 2 rings (SSSR count). The first-order chi connectivity index (χ1) is 7.63. The minimum atomic E-state index is 0.647. The lowest BCUT2D eigenvalue weighted by molar-refractivity contribution is 0.660. The fourth-order valence-electron chi connectivity index (χ4n) is 1.67. The highest BCUT2D eigenvalue weighted by atomic mass is 79.9. The van der Waals surface area contributed by atoms with Crippen molar-refractivity contribution in [3.8, 4) is 6.07 Å². The van der Waals surface area contributed by atoms with Crippen LogP contribution in [-0.2, 0) is 13.6 Å². The van der Waals surface area contributed by atoms with Crippen molar-refractivity contribution in [3.63, 3.8) is 0 Å². The first kappa shape index (κ1) is 11.0. The normalized spacial score (nSPS) is 10.4. The molecule has 0 amide bonds. The second kappa shape index (κ2) is 4.14. The van der Waals surface area contributed by atoms with Crippen molar-refractivity contribution in [2.75, 3.05) is 0 Å². The summed E-state index contributed by atoms with van der Waals surface area (Å²) >= 11 is 3.51. The lowest BCUT2D eigenvalue weighted by Crippen LogP contribution is -2.06. The molecule has 0 aliphatic heterocycles. The van der Waals surface area contributed by atoms with E-state index in [1.54, 1.807) is 6.07 Å². The van der Waals surface area contributed by atoms with E-state index in [9.17, 15) is 0 Å². The van der Waals surface area contributed by atoms with E-state index in [2.05, 4.69) is 27.1 Å². The predicted molar refractivity (Wildman–Crippen MR) is 63.9 cm³/mol. The molecule has 2 aromatic heterocycles. The number of nitrogens with zero attached hydrogens (tertiary/aromatic N) is 4. The maximum absolute atomic E-state index is 8.92. The minimum absolute atomic E-state index is 0.647. The Kier molecular flexibility index (Phi) is 2.84. The van der Waals surface area contributed by atoms with E-state index in [1.165, 1.54) is 0 Å². The van der Waals surface area contributed by atoms with Crippen molar-refractivity contribution < 1.29 is 0 Å². The van der Waals surface area contributed by atoms with Gasteiger partial charge < -0.3 is 4.57 Å². The first-order valence-corrected chi connectivity index (χ1v) is 5.66. The van der Waals surface area contributed by atoms with E-state index >= 15 is 0 Å². The number of aryl methyl sites for hydroxylation is 2. The molecule has 0 spiro atoms. The molecule has 0 aliphatic rings. The van der Waals surface area contributed by atoms with Gasteiger partial charge in [0.25, 0.3) is 0 Å². The quantitative estimate of drug-likeness (QED) is 0.846. The zero-order valence-corrected chi connectivity index (χ0v) is 10.7. The van der Waals surface area contributed by atoms with Crippen molar-refractivity contribution in [1.29, 1.82) is 5.26 Å². The number of hydrogen-bond donors (Lipinski definition) is 0. The van der Waals surface area contributed by atoms with E-state index < -0.39 is 0 Å². The van der Waals surface area contributed by atoms with Gasteiger partial charge >= 0.3 is 0 Å². The van der Waals surface area contributed by atoms with Crippen molar-refractivity contribution in [1.82, 2.24) is 14.3 Å². The number of hydrogen-bond acceptors (Lipinski definition) is 2. The molecule has 0 radical (unpaired) electrons. The Bertz CT molecular complexity index is 559. The van der Waals surface area contributed by atoms with Crippen LogP contribution in [0.4, 0.5) is 0 Å². The van der Waals surface area contributed by atoms with Gasteiger partial charge in [0.2, 0.25) is 0 Å². The van der Waals surface area contributed by atoms with Gasteiger partial charge in [-0.25, -0.2) is 0 Å². The lowest BCUT2D eigenvalue weighted by Gasteiger charge is -2.05. The van der Waals surface area contributed by atoms with Crippen molar-refractivity contribution >= 4 is 15.9 Å². The molecule has 82 valence electrons. The van der Waals surface area contributed by atoms with Crippen LogP contribution in [-0.4, -0.2) is 14.3 Å². The first-order valence-electron chi connectivity index (χ1n) is 4.86. The van der Waals surface area contributed by atoms with Gasteiger partial charge in [0.05, 0.1) is 22.4 Å². The highest BCUT2D eigenvalue weighted by molar-refractivity contribution is 9.10. The molecule has 16 heavy (non-hydrogen) atoms. The summed E-state index contributed by atoms with van der Waals surface area (Å²) in [5.74, 6) is 0. The molecule has 0 N–H and O–H groups in total.